The van der Waals surface area contributed by atoms with Crippen LogP contribution < -0.4 is 0 Å². The van der Waals surface area contributed by atoms with Crippen molar-refractivity contribution in [2.24, 2.45) is 0 Å². The van der Waals surface area contributed by atoms with E-state index in [1.54, 1.807) is 6.07 Å². The molecule has 0 saturated heterocycles. The summed E-state index contributed by atoms with van der Waals surface area (Å²) in [6, 6.07) is 2.89. The molecule has 3 nitrogen and oxygen atoms in total. The summed E-state index contributed by atoms with van der Waals surface area (Å²) < 4.78 is 12.9. The Hall–Kier alpha value is -1.58. The zero-order valence-electron chi connectivity index (χ0n) is 5.50. The van der Waals surface area contributed by atoms with E-state index in [1.165, 1.54) is 12.3 Å². The highest BCUT2D eigenvalue weighted by atomic mass is 19.1. The fraction of sp³-hybridized carbons (Fsp3) is 0. The number of aromatic hydroxyl groups is 1. The van der Waals surface area contributed by atoms with E-state index in [-0.39, 0.29) is 11.3 Å². The number of nitrogens with one attached hydrogen (secondary N) is 1. The minimum Gasteiger partial charge on any atom is -0.505 e. The van der Waals surface area contributed by atoms with Crippen LogP contribution in [0.1, 0.15) is 0 Å². The van der Waals surface area contributed by atoms with Crippen LogP contribution >= 0.6 is 0 Å². The summed E-state index contributed by atoms with van der Waals surface area (Å²) in [5.74, 6) is -1.01. The van der Waals surface area contributed by atoms with Crippen LogP contribution in [-0.4, -0.2) is 15.3 Å². The number of rotatable bonds is 0. The van der Waals surface area contributed by atoms with Gasteiger partial charge in [-0.3, -0.25) is 5.10 Å². The lowest BCUT2D eigenvalue weighted by Gasteiger charge is -1.93. The first-order valence-corrected chi connectivity index (χ1v) is 3.09. The van der Waals surface area contributed by atoms with Crippen molar-refractivity contribution in [3.63, 3.8) is 0 Å². The van der Waals surface area contributed by atoms with E-state index in [4.69, 9.17) is 5.11 Å². The smallest absolute Gasteiger partial charge is 0.190 e. The largest absolute Gasteiger partial charge is 0.505 e. The van der Waals surface area contributed by atoms with Crippen LogP contribution in [0.15, 0.2) is 18.3 Å². The van der Waals surface area contributed by atoms with Gasteiger partial charge in [0.15, 0.2) is 11.6 Å². The van der Waals surface area contributed by atoms with E-state index in [0.717, 1.165) is 0 Å². The molecule has 0 amide bonds. The first-order valence-electron chi connectivity index (χ1n) is 3.09. The van der Waals surface area contributed by atoms with Gasteiger partial charge in [-0.1, -0.05) is 0 Å². The van der Waals surface area contributed by atoms with Crippen LogP contribution in [0.5, 0.6) is 5.75 Å². The van der Waals surface area contributed by atoms with Crippen LogP contribution in [0.4, 0.5) is 4.39 Å². The summed E-state index contributed by atoms with van der Waals surface area (Å²) in [5.41, 5.74) is 0.241. The number of phenolic OH excluding ortho intramolecular Hbond substituents is 1. The maximum Gasteiger partial charge on any atom is 0.190 e. The van der Waals surface area contributed by atoms with Gasteiger partial charge in [0.1, 0.15) is 5.52 Å². The SMILES string of the molecule is Oc1ccc2cn[nH]c2c1F. The molecule has 0 aliphatic carbocycles. The molecule has 2 N–H and O–H groups in total. The molecule has 0 saturated carbocycles. The highest BCUT2D eigenvalue weighted by molar-refractivity contribution is 5.79. The van der Waals surface area contributed by atoms with Crippen molar-refractivity contribution in [3.05, 3.63) is 24.1 Å². The lowest BCUT2D eigenvalue weighted by atomic mass is 10.2. The van der Waals surface area contributed by atoms with Gasteiger partial charge >= 0.3 is 0 Å². The Morgan fingerprint density at radius 1 is 1.45 bits per heavy atom. The van der Waals surface area contributed by atoms with Gasteiger partial charge in [-0.15, -0.1) is 0 Å². The molecule has 2 rings (SSSR count). The van der Waals surface area contributed by atoms with Crippen LogP contribution in [0.2, 0.25) is 0 Å². The van der Waals surface area contributed by atoms with Crippen LogP contribution in [-0.2, 0) is 0 Å². The molecule has 1 aromatic heterocycles. The summed E-state index contributed by atoms with van der Waals surface area (Å²) in [5, 5.41) is 15.6. The predicted octanol–water partition coefficient (Wildman–Crippen LogP) is 1.41. The maximum atomic E-state index is 12.9. The predicted molar refractivity (Wildman–Crippen MR) is 37.7 cm³/mol. The number of benzene rings is 1. The van der Waals surface area contributed by atoms with Crippen LogP contribution in [0.3, 0.4) is 0 Å². The Kier molecular flexibility index (Phi) is 1.09. The molecule has 0 radical (unpaired) electrons. The fourth-order valence-corrected chi connectivity index (χ4v) is 0.968. The second-order valence-corrected chi connectivity index (χ2v) is 2.23. The molecule has 0 fully saturated rings. The van der Waals surface area contributed by atoms with E-state index in [1.807, 2.05) is 0 Å². The number of hydrogen-bond acceptors (Lipinski definition) is 2. The summed E-state index contributed by atoms with van der Waals surface area (Å²) in [4.78, 5) is 0. The fourth-order valence-electron chi connectivity index (χ4n) is 0.968. The number of aromatic amines is 1. The lowest BCUT2D eigenvalue weighted by Crippen LogP contribution is -1.78. The van der Waals surface area contributed by atoms with Gasteiger partial charge in [-0.2, -0.15) is 5.10 Å². The van der Waals surface area contributed by atoms with Gasteiger partial charge in [0.25, 0.3) is 0 Å². The molecule has 0 aliphatic rings. The van der Waals surface area contributed by atoms with Gasteiger partial charge in [0.05, 0.1) is 6.20 Å². The van der Waals surface area contributed by atoms with Crippen molar-refractivity contribution >= 4 is 10.9 Å². The number of hydrogen-bond donors (Lipinski definition) is 2. The molecule has 56 valence electrons. The number of fused-ring (bicyclic) bond motifs is 1. The van der Waals surface area contributed by atoms with Crippen molar-refractivity contribution in [2.45, 2.75) is 0 Å². The van der Waals surface area contributed by atoms with Gasteiger partial charge in [0, 0.05) is 5.39 Å². The molecular formula is C7H5FN2O. The molecule has 0 atom stereocenters. The highest BCUT2D eigenvalue weighted by Gasteiger charge is 2.06. The third-order valence-corrected chi connectivity index (χ3v) is 1.53. The number of halogens is 1. The number of H-pyrrole nitrogens is 1. The molecule has 0 unspecified atom stereocenters. The molecule has 1 aromatic carbocycles. The van der Waals surface area contributed by atoms with Crippen molar-refractivity contribution in [1.29, 1.82) is 0 Å². The minimum absolute atomic E-state index is 0.241. The molecule has 0 bridgehead atoms. The van der Waals surface area contributed by atoms with Crippen LogP contribution in [0, 0.1) is 5.82 Å². The van der Waals surface area contributed by atoms with Crippen molar-refractivity contribution in [3.8, 4) is 5.75 Å². The summed E-state index contributed by atoms with van der Waals surface area (Å²) in [6.07, 6.45) is 1.50. The van der Waals surface area contributed by atoms with E-state index in [9.17, 15) is 4.39 Å². The topological polar surface area (TPSA) is 48.9 Å². The second kappa shape index (κ2) is 1.95. The molecular weight excluding hydrogens is 147 g/mol. The Morgan fingerprint density at radius 2 is 2.27 bits per heavy atom. The van der Waals surface area contributed by atoms with E-state index in [2.05, 4.69) is 10.2 Å². The molecule has 0 aliphatic heterocycles. The number of phenols is 1. The normalized spacial score (nSPS) is 10.6. The quantitative estimate of drug-likeness (QED) is 0.599. The molecule has 11 heavy (non-hydrogen) atoms. The van der Waals surface area contributed by atoms with E-state index in [0.29, 0.717) is 5.39 Å². The van der Waals surface area contributed by atoms with Crippen molar-refractivity contribution in [2.75, 3.05) is 0 Å². The third kappa shape index (κ3) is 0.756. The van der Waals surface area contributed by atoms with Gasteiger partial charge in [0.2, 0.25) is 0 Å². The molecule has 2 aromatic rings. The van der Waals surface area contributed by atoms with Gasteiger partial charge < -0.3 is 5.11 Å². The highest BCUT2D eigenvalue weighted by Crippen LogP contribution is 2.22. The van der Waals surface area contributed by atoms with Crippen molar-refractivity contribution in [1.82, 2.24) is 10.2 Å². The Morgan fingerprint density at radius 3 is 3.09 bits per heavy atom. The minimum atomic E-state index is -0.653. The zero-order valence-corrected chi connectivity index (χ0v) is 5.50. The van der Waals surface area contributed by atoms with Gasteiger partial charge in [-0.25, -0.2) is 4.39 Å². The summed E-state index contributed by atoms with van der Waals surface area (Å²) in [6.45, 7) is 0. The summed E-state index contributed by atoms with van der Waals surface area (Å²) >= 11 is 0. The maximum absolute atomic E-state index is 12.9. The second-order valence-electron chi connectivity index (χ2n) is 2.23. The van der Waals surface area contributed by atoms with Crippen LogP contribution in [0.25, 0.3) is 10.9 Å². The van der Waals surface area contributed by atoms with E-state index >= 15 is 0 Å². The third-order valence-electron chi connectivity index (χ3n) is 1.53. The average Bonchev–Trinajstić information content (AvgIpc) is 2.45. The monoisotopic (exact) mass is 152 g/mol. The van der Waals surface area contributed by atoms with Gasteiger partial charge in [-0.05, 0) is 12.1 Å². The molecule has 0 spiro atoms. The zero-order chi connectivity index (χ0) is 7.84. The first-order chi connectivity index (χ1) is 5.29. The van der Waals surface area contributed by atoms with Crippen molar-refractivity contribution < 1.29 is 9.50 Å². The lowest BCUT2D eigenvalue weighted by molar-refractivity contribution is 0.435. The standard InChI is InChI=1S/C7H5FN2O/c8-6-5(11)2-1-4-3-9-10-7(4)6/h1-3,11H,(H,9,10). The van der Waals surface area contributed by atoms with E-state index < -0.39 is 5.82 Å². The first kappa shape index (κ1) is 6.15. The number of aromatic nitrogens is 2. The average molecular weight is 152 g/mol. The summed E-state index contributed by atoms with van der Waals surface area (Å²) in [7, 11) is 0. The molecule has 1 heterocycles. The Balaban J connectivity index is 2.93. The number of nitrogens with zero attached hydrogens (tertiary/aromatic N) is 1. The molecule has 4 heteroatoms. The Bertz CT molecular complexity index is 396. The Labute approximate surface area is 61.5 Å².